The summed E-state index contributed by atoms with van der Waals surface area (Å²) < 4.78 is 0. The highest BCUT2D eigenvalue weighted by Gasteiger charge is 2.28. The minimum atomic E-state index is -0.0711. The standard InChI is InChI=1S/C17H19N5O/c18-9-13-4-3-5-14(8-13)10-19-17(23)22-7-2-1-6-16(22)15-11-20-21-12-15/h3-5,8,11-12,16H,1-2,6-7,10H2,(H,19,23)(H,20,21). The number of nitrogens with zero attached hydrogens (tertiary/aromatic N) is 3. The van der Waals surface area contributed by atoms with Crippen molar-refractivity contribution in [2.24, 2.45) is 0 Å². The smallest absolute Gasteiger partial charge is 0.318 e. The summed E-state index contributed by atoms with van der Waals surface area (Å²) >= 11 is 0. The summed E-state index contributed by atoms with van der Waals surface area (Å²) in [4.78, 5) is 14.4. The molecule has 0 radical (unpaired) electrons. The van der Waals surface area contributed by atoms with Crippen LogP contribution in [0.3, 0.4) is 0 Å². The molecule has 1 atom stereocenters. The monoisotopic (exact) mass is 309 g/mol. The zero-order valence-electron chi connectivity index (χ0n) is 12.8. The Morgan fingerprint density at radius 2 is 2.39 bits per heavy atom. The van der Waals surface area contributed by atoms with Gasteiger partial charge in [0.1, 0.15) is 0 Å². The Balaban J connectivity index is 1.65. The number of amides is 2. The zero-order valence-corrected chi connectivity index (χ0v) is 12.8. The Morgan fingerprint density at radius 1 is 1.48 bits per heavy atom. The topological polar surface area (TPSA) is 84.8 Å². The highest BCUT2D eigenvalue weighted by atomic mass is 16.2. The van der Waals surface area contributed by atoms with Crippen LogP contribution in [0.25, 0.3) is 0 Å². The first kappa shape index (κ1) is 15.1. The largest absolute Gasteiger partial charge is 0.334 e. The summed E-state index contributed by atoms with van der Waals surface area (Å²) in [5, 5.41) is 18.7. The molecular weight excluding hydrogens is 290 g/mol. The Morgan fingerprint density at radius 3 is 3.17 bits per heavy atom. The maximum atomic E-state index is 12.6. The second-order valence-electron chi connectivity index (χ2n) is 5.71. The quantitative estimate of drug-likeness (QED) is 0.914. The van der Waals surface area contributed by atoms with Crippen molar-refractivity contribution in [1.29, 1.82) is 5.26 Å². The van der Waals surface area contributed by atoms with Crippen LogP contribution in [0.4, 0.5) is 4.79 Å². The van der Waals surface area contributed by atoms with Crippen molar-refractivity contribution >= 4 is 6.03 Å². The number of hydrogen-bond donors (Lipinski definition) is 2. The van der Waals surface area contributed by atoms with Crippen molar-refractivity contribution < 1.29 is 4.79 Å². The van der Waals surface area contributed by atoms with Gasteiger partial charge in [-0.15, -0.1) is 0 Å². The highest BCUT2D eigenvalue weighted by Crippen LogP contribution is 2.30. The fourth-order valence-electron chi connectivity index (χ4n) is 2.99. The lowest BCUT2D eigenvalue weighted by molar-refractivity contribution is 0.151. The minimum Gasteiger partial charge on any atom is -0.334 e. The average molecular weight is 309 g/mol. The molecule has 6 heteroatoms. The van der Waals surface area contributed by atoms with Crippen molar-refractivity contribution in [3.8, 4) is 6.07 Å². The molecule has 0 spiro atoms. The van der Waals surface area contributed by atoms with E-state index < -0.39 is 0 Å². The maximum Gasteiger partial charge on any atom is 0.318 e. The number of likely N-dealkylation sites (tertiary alicyclic amines) is 1. The number of carbonyl (C=O) groups is 1. The van der Waals surface area contributed by atoms with Gasteiger partial charge in [0.2, 0.25) is 0 Å². The van der Waals surface area contributed by atoms with Gasteiger partial charge in [0.25, 0.3) is 0 Å². The molecule has 2 amide bonds. The molecule has 0 aliphatic carbocycles. The maximum absolute atomic E-state index is 12.6. The van der Waals surface area contributed by atoms with Crippen LogP contribution >= 0.6 is 0 Å². The predicted octanol–water partition coefficient (Wildman–Crippen LogP) is 2.72. The van der Waals surface area contributed by atoms with Crippen molar-refractivity contribution in [2.75, 3.05) is 6.54 Å². The van der Waals surface area contributed by atoms with Gasteiger partial charge < -0.3 is 10.2 Å². The highest BCUT2D eigenvalue weighted by molar-refractivity contribution is 5.74. The van der Waals surface area contributed by atoms with Crippen LogP contribution in [-0.2, 0) is 6.54 Å². The van der Waals surface area contributed by atoms with Crippen LogP contribution in [0.15, 0.2) is 36.7 Å². The van der Waals surface area contributed by atoms with E-state index >= 15 is 0 Å². The molecule has 2 N–H and O–H groups in total. The number of piperidine rings is 1. The number of nitrogens with one attached hydrogen (secondary N) is 2. The predicted molar refractivity (Wildman–Crippen MR) is 85.3 cm³/mol. The molecule has 23 heavy (non-hydrogen) atoms. The van der Waals surface area contributed by atoms with Gasteiger partial charge in [0, 0.05) is 24.8 Å². The molecule has 0 bridgehead atoms. The molecule has 1 aliphatic heterocycles. The summed E-state index contributed by atoms with van der Waals surface area (Å²) in [6.07, 6.45) is 6.73. The minimum absolute atomic E-state index is 0.0711. The molecular formula is C17H19N5O. The number of rotatable bonds is 3. The molecule has 3 rings (SSSR count). The third-order valence-electron chi connectivity index (χ3n) is 4.17. The van der Waals surface area contributed by atoms with Gasteiger partial charge in [-0.3, -0.25) is 5.10 Å². The van der Waals surface area contributed by atoms with Gasteiger partial charge in [0.05, 0.1) is 23.9 Å². The molecule has 1 aromatic heterocycles. The molecule has 2 heterocycles. The second kappa shape index (κ2) is 6.97. The third kappa shape index (κ3) is 3.51. The summed E-state index contributed by atoms with van der Waals surface area (Å²) in [7, 11) is 0. The van der Waals surface area contributed by atoms with Gasteiger partial charge in [-0.2, -0.15) is 10.4 Å². The normalized spacial score (nSPS) is 17.5. The van der Waals surface area contributed by atoms with Crippen molar-refractivity contribution in [3.63, 3.8) is 0 Å². The lowest BCUT2D eigenvalue weighted by Crippen LogP contribution is -2.44. The van der Waals surface area contributed by atoms with Crippen LogP contribution in [0.2, 0.25) is 0 Å². The van der Waals surface area contributed by atoms with E-state index in [9.17, 15) is 4.79 Å². The first-order chi connectivity index (χ1) is 11.3. The van der Waals surface area contributed by atoms with Crippen LogP contribution < -0.4 is 5.32 Å². The van der Waals surface area contributed by atoms with Crippen molar-refractivity contribution in [1.82, 2.24) is 20.4 Å². The van der Waals surface area contributed by atoms with Gasteiger partial charge in [-0.05, 0) is 37.0 Å². The van der Waals surface area contributed by atoms with Crippen LogP contribution in [0.5, 0.6) is 0 Å². The van der Waals surface area contributed by atoms with Gasteiger partial charge >= 0.3 is 6.03 Å². The number of urea groups is 1. The number of nitriles is 1. The molecule has 1 aliphatic rings. The Hall–Kier alpha value is -2.81. The summed E-state index contributed by atoms with van der Waals surface area (Å²) in [5.74, 6) is 0. The summed E-state index contributed by atoms with van der Waals surface area (Å²) in [6, 6.07) is 9.40. The number of hydrogen-bond acceptors (Lipinski definition) is 3. The van der Waals surface area contributed by atoms with E-state index in [-0.39, 0.29) is 12.1 Å². The van der Waals surface area contributed by atoms with E-state index in [1.807, 2.05) is 23.2 Å². The SMILES string of the molecule is N#Cc1cccc(CNC(=O)N2CCCCC2c2cn[nH]c2)c1. The van der Waals surface area contributed by atoms with Crippen molar-refractivity contribution in [3.05, 3.63) is 53.3 Å². The number of H-pyrrole nitrogens is 1. The molecule has 1 aromatic carbocycles. The van der Waals surface area contributed by atoms with Gasteiger partial charge in [-0.25, -0.2) is 4.79 Å². The number of aromatic amines is 1. The first-order valence-corrected chi connectivity index (χ1v) is 7.80. The molecule has 1 saturated heterocycles. The summed E-state index contributed by atoms with van der Waals surface area (Å²) in [6.45, 7) is 1.17. The Labute approximate surface area is 135 Å². The van der Waals surface area contributed by atoms with Gasteiger partial charge in [-0.1, -0.05) is 12.1 Å². The average Bonchev–Trinajstić information content (AvgIpc) is 3.14. The molecule has 1 fully saturated rings. The van der Waals surface area contributed by atoms with E-state index in [2.05, 4.69) is 21.6 Å². The van der Waals surface area contributed by atoms with E-state index in [1.165, 1.54) is 0 Å². The Bertz CT molecular complexity index is 704. The lowest BCUT2D eigenvalue weighted by atomic mass is 9.98. The molecule has 0 saturated carbocycles. The van der Waals surface area contributed by atoms with Crippen LogP contribution in [-0.4, -0.2) is 27.7 Å². The van der Waals surface area contributed by atoms with E-state index in [0.717, 1.165) is 36.9 Å². The fraction of sp³-hybridized carbons (Fsp3) is 0.353. The molecule has 2 aromatic rings. The van der Waals surface area contributed by atoms with Crippen molar-refractivity contribution in [2.45, 2.75) is 31.8 Å². The Kier molecular flexibility index (Phi) is 4.57. The zero-order chi connectivity index (χ0) is 16.1. The van der Waals surface area contributed by atoms with E-state index in [0.29, 0.717) is 12.1 Å². The van der Waals surface area contributed by atoms with Crippen LogP contribution in [0.1, 0.15) is 42.0 Å². The molecule has 1 unspecified atom stereocenters. The molecule has 118 valence electrons. The first-order valence-electron chi connectivity index (χ1n) is 7.80. The van der Waals surface area contributed by atoms with Crippen LogP contribution in [0, 0.1) is 11.3 Å². The van der Waals surface area contributed by atoms with E-state index in [1.54, 1.807) is 18.3 Å². The summed E-state index contributed by atoms with van der Waals surface area (Å²) in [5.41, 5.74) is 2.58. The van der Waals surface area contributed by atoms with Gasteiger partial charge in [0.15, 0.2) is 0 Å². The lowest BCUT2D eigenvalue weighted by Gasteiger charge is -2.35. The van der Waals surface area contributed by atoms with E-state index in [4.69, 9.17) is 5.26 Å². The fourth-order valence-corrected chi connectivity index (χ4v) is 2.99. The molecule has 6 nitrogen and oxygen atoms in total. The number of benzene rings is 1. The second-order valence-corrected chi connectivity index (χ2v) is 5.71. The number of aromatic nitrogens is 2. The third-order valence-corrected chi connectivity index (χ3v) is 4.17. The number of carbonyl (C=O) groups excluding carboxylic acids is 1.